The number of nitrogens with zero attached hydrogens (tertiary/aromatic N) is 1. The summed E-state index contributed by atoms with van der Waals surface area (Å²) in [6.07, 6.45) is 2.52. The molecule has 5 heteroatoms. The lowest BCUT2D eigenvalue weighted by atomic mass is 10.0. The number of anilines is 1. The smallest absolute Gasteiger partial charge is 0.226 e. The molecule has 1 saturated carbocycles. The van der Waals surface area contributed by atoms with Crippen molar-refractivity contribution < 1.29 is 9.21 Å². The Hall–Kier alpha value is -2.66. The molecule has 0 radical (unpaired) electrons. The number of aromatic nitrogens is 1. The predicted octanol–water partition coefficient (Wildman–Crippen LogP) is 3.73. The minimum Gasteiger partial charge on any atom is -0.440 e. The Kier molecular flexibility index (Phi) is 3.78. The lowest BCUT2D eigenvalue weighted by Gasteiger charge is -2.12. The maximum Gasteiger partial charge on any atom is 0.226 e. The van der Waals surface area contributed by atoms with Crippen molar-refractivity contribution in [1.82, 2.24) is 4.98 Å². The quantitative estimate of drug-likeness (QED) is 0.750. The summed E-state index contributed by atoms with van der Waals surface area (Å²) in [4.78, 5) is 16.7. The molecule has 2 aromatic carbocycles. The number of nitrogens with one attached hydrogen (secondary N) is 1. The van der Waals surface area contributed by atoms with Gasteiger partial charge in [-0.2, -0.15) is 0 Å². The van der Waals surface area contributed by atoms with Crippen LogP contribution in [-0.4, -0.2) is 10.9 Å². The maximum atomic E-state index is 12.2. The van der Waals surface area contributed by atoms with Crippen molar-refractivity contribution in [2.75, 3.05) is 5.32 Å². The van der Waals surface area contributed by atoms with E-state index in [1.165, 1.54) is 0 Å². The number of hydrogen-bond acceptors (Lipinski definition) is 4. The summed E-state index contributed by atoms with van der Waals surface area (Å²) in [5.74, 6) is 1.16. The first kappa shape index (κ1) is 14.9. The minimum absolute atomic E-state index is 0.118. The van der Waals surface area contributed by atoms with Crippen molar-refractivity contribution in [3.8, 4) is 0 Å². The van der Waals surface area contributed by atoms with E-state index in [9.17, 15) is 4.79 Å². The van der Waals surface area contributed by atoms with E-state index in [-0.39, 0.29) is 18.4 Å². The second kappa shape index (κ2) is 6.09. The molecule has 5 nitrogen and oxygen atoms in total. The van der Waals surface area contributed by atoms with Crippen molar-refractivity contribution in [1.29, 1.82) is 0 Å². The number of amides is 1. The maximum absolute atomic E-state index is 12.2. The Morgan fingerprint density at radius 2 is 2.04 bits per heavy atom. The number of oxazole rings is 1. The van der Waals surface area contributed by atoms with Gasteiger partial charge in [0.15, 0.2) is 11.5 Å². The first-order chi connectivity index (χ1) is 11.7. The number of fused-ring (bicyclic) bond motifs is 1. The minimum atomic E-state index is -0.318. The molecule has 1 aliphatic rings. The highest BCUT2D eigenvalue weighted by atomic mass is 16.3. The second-order valence-corrected chi connectivity index (χ2v) is 6.28. The van der Waals surface area contributed by atoms with Gasteiger partial charge in [-0.25, -0.2) is 4.98 Å². The van der Waals surface area contributed by atoms with E-state index >= 15 is 0 Å². The Labute approximate surface area is 139 Å². The highest BCUT2D eigenvalue weighted by molar-refractivity contribution is 5.93. The van der Waals surface area contributed by atoms with Crippen LogP contribution in [-0.2, 0) is 4.79 Å². The molecule has 3 N–H and O–H groups in total. The summed E-state index contributed by atoms with van der Waals surface area (Å²) in [5, 5.41) is 2.88. The van der Waals surface area contributed by atoms with Crippen molar-refractivity contribution in [3.05, 3.63) is 60.0 Å². The van der Waals surface area contributed by atoms with Crippen LogP contribution in [0.15, 0.2) is 52.9 Å². The molecule has 1 unspecified atom stereocenters. The summed E-state index contributed by atoms with van der Waals surface area (Å²) >= 11 is 0. The van der Waals surface area contributed by atoms with Gasteiger partial charge in [0.2, 0.25) is 5.91 Å². The summed E-state index contributed by atoms with van der Waals surface area (Å²) in [7, 11) is 0. The molecule has 4 rings (SSSR count). The van der Waals surface area contributed by atoms with Crippen LogP contribution in [0.4, 0.5) is 5.69 Å². The van der Waals surface area contributed by atoms with E-state index in [0.717, 1.165) is 29.8 Å². The van der Waals surface area contributed by atoms with E-state index in [0.29, 0.717) is 17.2 Å². The second-order valence-electron chi connectivity index (χ2n) is 6.28. The van der Waals surface area contributed by atoms with Gasteiger partial charge < -0.3 is 15.5 Å². The highest BCUT2D eigenvalue weighted by Crippen LogP contribution is 2.40. The van der Waals surface area contributed by atoms with Crippen molar-refractivity contribution in [2.24, 2.45) is 5.73 Å². The van der Waals surface area contributed by atoms with Gasteiger partial charge in [-0.15, -0.1) is 0 Å². The number of nitrogens with two attached hydrogens (primary N) is 1. The summed E-state index contributed by atoms with van der Waals surface area (Å²) in [5.41, 5.74) is 9.29. The van der Waals surface area contributed by atoms with Crippen molar-refractivity contribution >= 4 is 22.7 Å². The third-order valence-corrected chi connectivity index (χ3v) is 4.25. The standard InChI is InChI=1S/C19H19N3O2/c20-15(12-4-2-1-3-5-12)11-18(23)21-14-8-9-16-17(10-14)24-19(22-16)13-6-7-13/h1-5,8-10,13,15H,6-7,11,20H2,(H,21,23). The summed E-state index contributed by atoms with van der Waals surface area (Å²) in [6, 6.07) is 14.8. The van der Waals surface area contributed by atoms with Gasteiger partial charge in [-0.05, 0) is 30.5 Å². The van der Waals surface area contributed by atoms with Crippen LogP contribution in [0.5, 0.6) is 0 Å². The first-order valence-electron chi connectivity index (χ1n) is 8.20. The Balaban J connectivity index is 1.44. The molecule has 1 amide bonds. The average Bonchev–Trinajstić information content (AvgIpc) is 3.35. The molecular weight excluding hydrogens is 302 g/mol. The van der Waals surface area contributed by atoms with Crippen LogP contribution in [0, 0.1) is 0 Å². The fourth-order valence-electron chi connectivity index (χ4n) is 2.75. The molecule has 24 heavy (non-hydrogen) atoms. The zero-order chi connectivity index (χ0) is 16.5. The summed E-state index contributed by atoms with van der Waals surface area (Å²) in [6.45, 7) is 0. The van der Waals surface area contributed by atoms with Crippen LogP contribution >= 0.6 is 0 Å². The van der Waals surface area contributed by atoms with E-state index in [2.05, 4.69) is 10.3 Å². The van der Waals surface area contributed by atoms with Crippen LogP contribution in [0.1, 0.15) is 42.7 Å². The number of benzene rings is 2. The molecular formula is C19H19N3O2. The monoisotopic (exact) mass is 321 g/mol. The Bertz CT molecular complexity index is 869. The third kappa shape index (κ3) is 3.16. The largest absolute Gasteiger partial charge is 0.440 e. The van der Waals surface area contributed by atoms with E-state index in [1.807, 2.05) is 48.5 Å². The number of carbonyl (C=O) groups excluding carboxylic acids is 1. The third-order valence-electron chi connectivity index (χ3n) is 4.25. The normalized spacial score (nSPS) is 15.4. The van der Waals surface area contributed by atoms with E-state index in [4.69, 9.17) is 10.2 Å². The molecule has 0 saturated heterocycles. The van der Waals surface area contributed by atoms with Gasteiger partial charge in [0.05, 0.1) is 0 Å². The van der Waals surface area contributed by atoms with Gasteiger partial charge in [0.1, 0.15) is 5.52 Å². The molecule has 1 aromatic heterocycles. The molecule has 0 aliphatic heterocycles. The molecule has 1 heterocycles. The summed E-state index contributed by atoms with van der Waals surface area (Å²) < 4.78 is 5.78. The van der Waals surface area contributed by atoms with Crippen LogP contribution in [0.25, 0.3) is 11.1 Å². The van der Waals surface area contributed by atoms with Crippen LogP contribution in [0.2, 0.25) is 0 Å². The molecule has 0 bridgehead atoms. The van der Waals surface area contributed by atoms with Gasteiger partial charge in [-0.3, -0.25) is 4.79 Å². The molecule has 1 atom stereocenters. The fourth-order valence-corrected chi connectivity index (χ4v) is 2.75. The van der Waals surface area contributed by atoms with Gasteiger partial charge >= 0.3 is 0 Å². The zero-order valence-electron chi connectivity index (χ0n) is 13.2. The molecule has 1 aliphatic carbocycles. The number of carbonyl (C=O) groups is 1. The lowest BCUT2D eigenvalue weighted by molar-refractivity contribution is -0.116. The zero-order valence-corrected chi connectivity index (χ0v) is 13.2. The first-order valence-corrected chi connectivity index (χ1v) is 8.20. The highest BCUT2D eigenvalue weighted by Gasteiger charge is 2.28. The molecule has 3 aromatic rings. The van der Waals surface area contributed by atoms with Crippen LogP contribution in [0.3, 0.4) is 0 Å². The topological polar surface area (TPSA) is 81.2 Å². The number of hydrogen-bond donors (Lipinski definition) is 2. The van der Waals surface area contributed by atoms with E-state index < -0.39 is 0 Å². The average molecular weight is 321 g/mol. The van der Waals surface area contributed by atoms with Crippen molar-refractivity contribution in [3.63, 3.8) is 0 Å². The van der Waals surface area contributed by atoms with Crippen molar-refractivity contribution in [2.45, 2.75) is 31.2 Å². The molecule has 1 fully saturated rings. The Morgan fingerprint density at radius 1 is 1.25 bits per heavy atom. The number of rotatable bonds is 5. The SMILES string of the molecule is NC(CC(=O)Nc1ccc2nc(C3CC3)oc2c1)c1ccccc1. The van der Waals surface area contributed by atoms with E-state index in [1.54, 1.807) is 0 Å². The Morgan fingerprint density at radius 3 is 2.79 bits per heavy atom. The van der Waals surface area contributed by atoms with Crippen LogP contribution < -0.4 is 11.1 Å². The van der Waals surface area contributed by atoms with Gasteiger partial charge in [0, 0.05) is 30.1 Å². The van der Waals surface area contributed by atoms with Gasteiger partial charge in [0.25, 0.3) is 0 Å². The molecule has 0 spiro atoms. The predicted molar refractivity (Wildman–Crippen MR) is 92.6 cm³/mol. The lowest BCUT2D eigenvalue weighted by Crippen LogP contribution is -2.20. The molecule has 122 valence electrons. The van der Waals surface area contributed by atoms with Gasteiger partial charge in [-0.1, -0.05) is 30.3 Å². The fraction of sp³-hybridized carbons (Fsp3) is 0.263.